The lowest BCUT2D eigenvalue weighted by molar-refractivity contribution is 0.277. The van der Waals surface area contributed by atoms with Gasteiger partial charge in [0.1, 0.15) is 0 Å². The zero-order valence-corrected chi connectivity index (χ0v) is 10.5. The predicted molar refractivity (Wildman–Crippen MR) is 62.6 cm³/mol. The van der Waals surface area contributed by atoms with E-state index in [1.54, 1.807) is 11.3 Å². The summed E-state index contributed by atoms with van der Waals surface area (Å²) in [6.45, 7) is 2.19. The maximum absolute atomic E-state index is 8.69. The summed E-state index contributed by atoms with van der Waals surface area (Å²) < 4.78 is 1.13. The van der Waals surface area contributed by atoms with Gasteiger partial charge in [0.25, 0.3) is 0 Å². The lowest BCUT2D eigenvalue weighted by Gasteiger charge is -2.05. The molecule has 76 valence electrons. The number of aliphatic hydroxyl groups is 1. The zero-order chi connectivity index (χ0) is 9.14. The molecule has 13 heavy (non-hydrogen) atoms. The fraction of sp³-hybridized carbons (Fsp3) is 0.500. The van der Waals surface area contributed by atoms with Crippen LogP contribution in [0.5, 0.6) is 0 Å². The Bertz CT molecular complexity index is 247. The lowest BCUT2D eigenvalue weighted by Crippen LogP contribution is -2.09. The van der Waals surface area contributed by atoms with E-state index in [0.29, 0.717) is 6.42 Å². The van der Waals surface area contributed by atoms with E-state index in [-0.39, 0.29) is 25.1 Å². The van der Waals surface area contributed by atoms with Crippen molar-refractivity contribution in [2.45, 2.75) is 19.4 Å². The molecule has 0 aliphatic carbocycles. The number of hydrogen-bond acceptors (Lipinski definition) is 3. The first kappa shape index (κ1) is 13.4. The van der Waals surface area contributed by atoms with Crippen LogP contribution in [0.25, 0.3) is 0 Å². The number of hydrogen-bond donors (Lipinski definition) is 2. The second kappa shape index (κ2) is 5.98. The molecule has 0 aliphatic heterocycles. The van der Waals surface area contributed by atoms with Gasteiger partial charge in [0.15, 0.2) is 0 Å². The summed E-state index contributed by atoms with van der Waals surface area (Å²) in [5.74, 6) is 0. The van der Waals surface area contributed by atoms with Crippen molar-refractivity contribution >= 4 is 39.7 Å². The van der Waals surface area contributed by atoms with Crippen molar-refractivity contribution in [1.29, 1.82) is 0 Å². The topological polar surface area (TPSA) is 46.2 Å². The molecule has 0 bridgehead atoms. The molecule has 1 atom stereocenters. The second-order valence-corrected chi connectivity index (χ2v) is 5.13. The molecule has 3 N–H and O–H groups in total. The van der Waals surface area contributed by atoms with E-state index in [2.05, 4.69) is 22.0 Å². The van der Waals surface area contributed by atoms with E-state index < -0.39 is 0 Å². The van der Waals surface area contributed by atoms with Gasteiger partial charge in [-0.15, -0.1) is 23.7 Å². The highest BCUT2D eigenvalue weighted by Gasteiger charge is 2.09. The van der Waals surface area contributed by atoms with Gasteiger partial charge in [-0.2, -0.15) is 0 Å². The summed E-state index contributed by atoms with van der Waals surface area (Å²) in [5, 5.41) is 8.69. The first-order valence-electron chi connectivity index (χ1n) is 3.77. The average Bonchev–Trinajstić information content (AvgIpc) is 2.33. The smallest absolute Gasteiger partial charge is 0.0731 e. The quantitative estimate of drug-likeness (QED) is 0.897. The molecule has 0 saturated carbocycles. The molecule has 2 nitrogen and oxygen atoms in total. The standard InChI is InChI=1S/C8H12BrNOS.ClH/c1-5-4-7(12-8(5)9)6(10)2-3-11;/h4,6,11H,2-3,10H2,1H3;1H/t6-;/m1./s1. The van der Waals surface area contributed by atoms with Crippen LogP contribution in [0.3, 0.4) is 0 Å². The van der Waals surface area contributed by atoms with Crippen LogP contribution in [-0.4, -0.2) is 11.7 Å². The van der Waals surface area contributed by atoms with E-state index in [1.165, 1.54) is 5.56 Å². The fourth-order valence-electron chi connectivity index (χ4n) is 0.948. The number of thiophene rings is 1. The van der Waals surface area contributed by atoms with Crippen molar-refractivity contribution in [3.05, 3.63) is 20.3 Å². The molecule has 1 heterocycles. The normalized spacial score (nSPS) is 12.3. The van der Waals surface area contributed by atoms with Crippen molar-refractivity contribution in [3.8, 4) is 0 Å². The zero-order valence-electron chi connectivity index (χ0n) is 7.29. The molecule has 1 aromatic heterocycles. The van der Waals surface area contributed by atoms with Crippen molar-refractivity contribution in [3.63, 3.8) is 0 Å². The molecule has 0 aromatic carbocycles. The van der Waals surface area contributed by atoms with Crippen LogP contribution in [0, 0.1) is 6.92 Å². The SMILES string of the molecule is Cc1cc([C@H](N)CCO)sc1Br.Cl. The van der Waals surface area contributed by atoms with Crippen LogP contribution < -0.4 is 5.73 Å². The molecule has 5 heteroatoms. The molecule has 0 radical (unpaired) electrons. The van der Waals surface area contributed by atoms with E-state index in [4.69, 9.17) is 10.8 Å². The summed E-state index contributed by atoms with van der Waals surface area (Å²) in [6.07, 6.45) is 0.631. The molecule has 0 amide bonds. The highest BCUT2D eigenvalue weighted by molar-refractivity contribution is 9.11. The van der Waals surface area contributed by atoms with E-state index >= 15 is 0 Å². The van der Waals surface area contributed by atoms with Crippen molar-refractivity contribution in [2.75, 3.05) is 6.61 Å². The summed E-state index contributed by atoms with van der Waals surface area (Å²) in [5.41, 5.74) is 7.03. The van der Waals surface area contributed by atoms with Crippen molar-refractivity contribution < 1.29 is 5.11 Å². The van der Waals surface area contributed by atoms with Crippen LogP contribution in [-0.2, 0) is 0 Å². The van der Waals surface area contributed by atoms with Gasteiger partial charge in [0, 0.05) is 17.5 Å². The van der Waals surface area contributed by atoms with Crippen molar-refractivity contribution in [2.24, 2.45) is 5.73 Å². The number of rotatable bonds is 3. The highest BCUT2D eigenvalue weighted by atomic mass is 79.9. The first-order valence-corrected chi connectivity index (χ1v) is 5.38. The largest absolute Gasteiger partial charge is 0.396 e. The average molecular weight is 287 g/mol. The third kappa shape index (κ3) is 3.56. The number of nitrogens with two attached hydrogens (primary N) is 1. The van der Waals surface area contributed by atoms with Crippen LogP contribution in [0.1, 0.15) is 22.9 Å². The van der Waals surface area contributed by atoms with E-state index in [9.17, 15) is 0 Å². The number of aryl methyl sites for hydroxylation is 1. The third-order valence-electron chi connectivity index (χ3n) is 1.68. The first-order chi connectivity index (χ1) is 5.65. The van der Waals surface area contributed by atoms with Crippen LogP contribution in [0.2, 0.25) is 0 Å². The van der Waals surface area contributed by atoms with Crippen LogP contribution in [0.15, 0.2) is 9.85 Å². The van der Waals surface area contributed by atoms with Gasteiger partial charge in [-0.25, -0.2) is 0 Å². The summed E-state index contributed by atoms with van der Waals surface area (Å²) in [4.78, 5) is 1.13. The fourth-order valence-corrected chi connectivity index (χ4v) is 2.55. The molecule has 0 saturated heterocycles. The highest BCUT2D eigenvalue weighted by Crippen LogP contribution is 2.31. The molecular formula is C8H13BrClNOS. The Morgan fingerprint density at radius 1 is 1.69 bits per heavy atom. The lowest BCUT2D eigenvalue weighted by atomic mass is 10.2. The summed E-state index contributed by atoms with van der Waals surface area (Å²) >= 11 is 5.08. The van der Waals surface area contributed by atoms with Gasteiger partial charge in [-0.1, -0.05) is 0 Å². The van der Waals surface area contributed by atoms with Gasteiger partial charge < -0.3 is 10.8 Å². The molecular weight excluding hydrogens is 274 g/mol. The second-order valence-electron chi connectivity index (χ2n) is 2.72. The number of halogens is 2. The van der Waals surface area contributed by atoms with Gasteiger partial charge in [-0.05, 0) is 40.9 Å². The van der Waals surface area contributed by atoms with E-state index in [1.807, 2.05) is 6.92 Å². The minimum absolute atomic E-state index is 0. The Labute approximate surface area is 96.7 Å². The molecule has 1 rings (SSSR count). The molecule has 1 aromatic rings. The molecule has 0 fully saturated rings. The Morgan fingerprint density at radius 3 is 2.69 bits per heavy atom. The third-order valence-corrected chi connectivity index (χ3v) is 3.95. The summed E-state index contributed by atoms with van der Waals surface area (Å²) in [7, 11) is 0. The van der Waals surface area contributed by atoms with Crippen LogP contribution >= 0.6 is 39.7 Å². The van der Waals surface area contributed by atoms with Crippen molar-refractivity contribution in [1.82, 2.24) is 0 Å². The summed E-state index contributed by atoms with van der Waals surface area (Å²) in [6, 6.07) is 2.04. The Balaban J connectivity index is 0.00000144. The van der Waals surface area contributed by atoms with Crippen LogP contribution in [0.4, 0.5) is 0 Å². The Kier molecular flexibility index (Phi) is 6.16. The maximum Gasteiger partial charge on any atom is 0.0731 e. The van der Waals surface area contributed by atoms with Gasteiger partial charge in [0.05, 0.1) is 3.79 Å². The number of aliphatic hydroxyl groups excluding tert-OH is 1. The molecule has 0 spiro atoms. The Hall–Kier alpha value is 0.390. The monoisotopic (exact) mass is 285 g/mol. The molecule has 0 aliphatic rings. The minimum atomic E-state index is -0.0231. The maximum atomic E-state index is 8.69. The van der Waals surface area contributed by atoms with Gasteiger partial charge >= 0.3 is 0 Å². The van der Waals surface area contributed by atoms with E-state index in [0.717, 1.165) is 8.66 Å². The minimum Gasteiger partial charge on any atom is -0.396 e. The van der Waals surface area contributed by atoms with Gasteiger partial charge in [-0.3, -0.25) is 0 Å². The predicted octanol–water partition coefficient (Wildman–Crippen LogP) is 2.62. The van der Waals surface area contributed by atoms with Gasteiger partial charge in [0.2, 0.25) is 0 Å². The Morgan fingerprint density at radius 2 is 2.31 bits per heavy atom. The molecule has 0 unspecified atom stereocenters.